The summed E-state index contributed by atoms with van der Waals surface area (Å²) in [5, 5.41) is 2.44. The highest BCUT2D eigenvalue weighted by Crippen LogP contribution is 2.32. The van der Waals surface area contributed by atoms with E-state index in [4.69, 9.17) is 14.2 Å². The Balaban J connectivity index is 1.49. The topological polar surface area (TPSA) is 73.9 Å². The second-order valence-electron chi connectivity index (χ2n) is 5.00. The number of carbonyl (C=O) groups excluding carboxylic acids is 2. The minimum absolute atomic E-state index is 0.114. The molecule has 0 bridgehead atoms. The maximum absolute atomic E-state index is 13.4. The van der Waals surface area contributed by atoms with Crippen molar-refractivity contribution in [2.45, 2.75) is 6.61 Å². The standard InChI is InChI=1S/C17H14FNO5/c18-13-4-2-1-3-12(13)9-22-16(20)8-19-17(21)11-5-6-14-15(7-11)24-10-23-14/h1-7H,8-10H2,(H,19,21). The fourth-order valence-electron chi connectivity index (χ4n) is 2.12. The van der Waals surface area contributed by atoms with Gasteiger partial charge in [-0.15, -0.1) is 0 Å². The Bertz CT molecular complexity index is 777. The summed E-state index contributed by atoms with van der Waals surface area (Å²) >= 11 is 0. The van der Waals surface area contributed by atoms with Crippen LogP contribution in [0.4, 0.5) is 4.39 Å². The highest BCUT2D eigenvalue weighted by Gasteiger charge is 2.16. The lowest BCUT2D eigenvalue weighted by Gasteiger charge is -2.07. The van der Waals surface area contributed by atoms with Crippen LogP contribution in [0.1, 0.15) is 15.9 Å². The number of ether oxygens (including phenoxy) is 3. The Kier molecular flexibility index (Phi) is 4.60. The van der Waals surface area contributed by atoms with Crippen LogP contribution in [0, 0.1) is 5.82 Å². The molecule has 0 fully saturated rings. The average molecular weight is 331 g/mol. The van der Waals surface area contributed by atoms with Crippen molar-refractivity contribution in [1.29, 1.82) is 0 Å². The summed E-state index contributed by atoms with van der Waals surface area (Å²) in [6.07, 6.45) is 0. The third kappa shape index (κ3) is 3.62. The Hall–Kier alpha value is -3.09. The molecule has 0 radical (unpaired) electrons. The van der Waals surface area contributed by atoms with Gasteiger partial charge in [-0.1, -0.05) is 18.2 Å². The summed E-state index contributed by atoms with van der Waals surface area (Å²) in [5.74, 6) is -0.515. The number of amides is 1. The van der Waals surface area contributed by atoms with E-state index in [2.05, 4.69) is 5.32 Å². The van der Waals surface area contributed by atoms with Gasteiger partial charge in [-0.2, -0.15) is 0 Å². The van der Waals surface area contributed by atoms with Gasteiger partial charge in [0, 0.05) is 11.1 Å². The van der Waals surface area contributed by atoms with Gasteiger partial charge in [0.2, 0.25) is 6.79 Å². The first-order valence-corrected chi connectivity index (χ1v) is 7.20. The molecule has 1 aliphatic heterocycles. The van der Waals surface area contributed by atoms with Gasteiger partial charge in [0.1, 0.15) is 19.0 Å². The van der Waals surface area contributed by atoms with E-state index in [-0.39, 0.29) is 25.5 Å². The predicted octanol–water partition coefficient (Wildman–Crippen LogP) is 2.03. The monoisotopic (exact) mass is 331 g/mol. The molecule has 0 aliphatic carbocycles. The van der Waals surface area contributed by atoms with Gasteiger partial charge < -0.3 is 19.5 Å². The van der Waals surface area contributed by atoms with Crippen molar-refractivity contribution >= 4 is 11.9 Å². The van der Waals surface area contributed by atoms with Crippen LogP contribution in [0.5, 0.6) is 11.5 Å². The summed E-state index contributed by atoms with van der Waals surface area (Å²) in [4.78, 5) is 23.6. The Morgan fingerprint density at radius 3 is 2.75 bits per heavy atom. The van der Waals surface area contributed by atoms with E-state index in [1.54, 1.807) is 24.3 Å². The molecule has 1 heterocycles. The number of fused-ring (bicyclic) bond motifs is 1. The Labute approximate surface area is 137 Å². The molecule has 6 nitrogen and oxygen atoms in total. The quantitative estimate of drug-likeness (QED) is 0.849. The van der Waals surface area contributed by atoms with Gasteiger partial charge in [0.15, 0.2) is 11.5 Å². The summed E-state index contributed by atoms with van der Waals surface area (Å²) in [6.45, 7) is -0.393. The normalized spacial score (nSPS) is 11.9. The van der Waals surface area contributed by atoms with E-state index in [0.29, 0.717) is 17.1 Å². The number of hydrogen-bond acceptors (Lipinski definition) is 5. The van der Waals surface area contributed by atoms with Crippen LogP contribution in [0.25, 0.3) is 0 Å². The van der Waals surface area contributed by atoms with Crippen LogP contribution < -0.4 is 14.8 Å². The molecule has 0 unspecified atom stereocenters. The van der Waals surface area contributed by atoms with E-state index >= 15 is 0 Å². The van der Waals surface area contributed by atoms with E-state index < -0.39 is 17.7 Å². The number of benzene rings is 2. The lowest BCUT2D eigenvalue weighted by molar-refractivity contribution is -0.143. The van der Waals surface area contributed by atoms with Crippen LogP contribution in [0.15, 0.2) is 42.5 Å². The Morgan fingerprint density at radius 1 is 1.12 bits per heavy atom. The van der Waals surface area contributed by atoms with Gasteiger partial charge >= 0.3 is 5.97 Å². The van der Waals surface area contributed by atoms with Gasteiger partial charge in [-0.25, -0.2) is 4.39 Å². The second kappa shape index (κ2) is 6.99. The maximum Gasteiger partial charge on any atom is 0.325 e. The third-order valence-electron chi connectivity index (χ3n) is 3.37. The summed E-state index contributed by atoms with van der Waals surface area (Å²) < 4.78 is 28.7. The van der Waals surface area contributed by atoms with Crippen molar-refractivity contribution in [1.82, 2.24) is 5.32 Å². The van der Waals surface area contributed by atoms with E-state index in [1.165, 1.54) is 18.2 Å². The van der Waals surface area contributed by atoms with Gasteiger partial charge in [0.05, 0.1) is 0 Å². The van der Waals surface area contributed by atoms with Crippen LogP contribution >= 0.6 is 0 Å². The van der Waals surface area contributed by atoms with Crippen molar-refractivity contribution in [2.24, 2.45) is 0 Å². The van der Waals surface area contributed by atoms with Gasteiger partial charge in [-0.3, -0.25) is 9.59 Å². The van der Waals surface area contributed by atoms with Crippen molar-refractivity contribution < 1.29 is 28.2 Å². The molecule has 24 heavy (non-hydrogen) atoms. The van der Waals surface area contributed by atoms with Crippen LogP contribution in [-0.4, -0.2) is 25.2 Å². The largest absolute Gasteiger partial charge is 0.459 e. The average Bonchev–Trinajstić information content (AvgIpc) is 3.06. The summed E-state index contributed by atoms with van der Waals surface area (Å²) in [6, 6.07) is 10.7. The highest BCUT2D eigenvalue weighted by molar-refractivity contribution is 5.96. The number of halogens is 1. The molecule has 0 saturated carbocycles. The van der Waals surface area contributed by atoms with E-state index in [1.807, 2.05) is 0 Å². The Morgan fingerprint density at radius 2 is 1.92 bits per heavy atom. The minimum atomic E-state index is -0.660. The molecule has 3 rings (SSSR count). The van der Waals surface area contributed by atoms with Crippen LogP contribution in [0.3, 0.4) is 0 Å². The van der Waals surface area contributed by atoms with Crippen LogP contribution in [-0.2, 0) is 16.1 Å². The molecule has 1 N–H and O–H groups in total. The number of hydrogen-bond donors (Lipinski definition) is 1. The fourth-order valence-corrected chi connectivity index (χ4v) is 2.12. The molecule has 124 valence electrons. The zero-order valence-corrected chi connectivity index (χ0v) is 12.6. The van der Waals surface area contributed by atoms with E-state index in [9.17, 15) is 14.0 Å². The van der Waals surface area contributed by atoms with Crippen molar-refractivity contribution in [3.63, 3.8) is 0 Å². The SMILES string of the molecule is O=C(CNC(=O)c1ccc2c(c1)OCO2)OCc1ccccc1F. The highest BCUT2D eigenvalue weighted by atomic mass is 19.1. The molecule has 7 heteroatoms. The lowest BCUT2D eigenvalue weighted by atomic mass is 10.2. The molecular weight excluding hydrogens is 317 g/mol. The molecule has 2 aromatic carbocycles. The first-order valence-electron chi connectivity index (χ1n) is 7.20. The number of esters is 1. The van der Waals surface area contributed by atoms with Gasteiger partial charge in [0.25, 0.3) is 5.91 Å². The first kappa shape index (κ1) is 15.8. The molecule has 0 aromatic heterocycles. The van der Waals surface area contributed by atoms with Gasteiger partial charge in [-0.05, 0) is 24.3 Å². The summed E-state index contributed by atoms with van der Waals surface area (Å²) in [7, 11) is 0. The number of rotatable bonds is 5. The first-order chi connectivity index (χ1) is 11.6. The number of carbonyl (C=O) groups is 2. The molecule has 0 atom stereocenters. The minimum Gasteiger partial charge on any atom is -0.459 e. The number of nitrogens with one attached hydrogen (secondary N) is 1. The van der Waals surface area contributed by atoms with Crippen LogP contribution in [0.2, 0.25) is 0 Å². The molecular formula is C17H14FNO5. The zero-order chi connectivity index (χ0) is 16.9. The molecule has 0 saturated heterocycles. The zero-order valence-electron chi connectivity index (χ0n) is 12.6. The van der Waals surface area contributed by atoms with Crippen molar-refractivity contribution in [3.8, 4) is 11.5 Å². The molecule has 1 aliphatic rings. The van der Waals surface area contributed by atoms with Crippen molar-refractivity contribution in [2.75, 3.05) is 13.3 Å². The van der Waals surface area contributed by atoms with Crippen molar-refractivity contribution in [3.05, 3.63) is 59.4 Å². The third-order valence-corrected chi connectivity index (χ3v) is 3.37. The lowest BCUT2D eigenvalue weighted by Crippen LogP contribution is -2.30. The predicted molar refractivity (Wildman–Crippen MR) is 81.1 cm³/mol. The smallest absolute Gasteiger partial charge is 0.325 e. The molecule has 2 aromatic rings. The second-order valence-corrected chi connectivity index (χ2v) is 5.00. The maximum atomic E-state index is 13.4. The molecule has 1 amide bonds. The molecule has 0 spiro atoms. The fraction of sp³-hybridized carbons (Fsp3) is 0.176. The van der Waals surface area contributed by atoms with E-state index in [0.717, 1.165) is 0 Å². The summed E-state index contributed by atoms with van der Waals surface area (Å²) in [5.41, 5.74) is 0.606.